The predicted molar refractivity (Wildman–Crippen MR) is 119 cm³/mol. The summed E-state index contributed by atoms with van der Waals surface area (Å²) in [5.41, 5.74) is 1.81. The third-order valence-electron chi connectivity index (χ3n) is 4.76. The van der Waals surface area contributed by atoms with Crippen molar-refractivity contribution in [3.63, 3.8) is 0 Å². The fraction of sp³-hybridized carbons (Fsp3) is 0.522. The second-order valence-corrected chi connectivity index (χ2v) is 8.47. The monoisotopic (exact) mass is 431 g/mol. The number of nitrogens with one attached hydrogen (secondary N) is 3. The third kappa shape index (κ3) is 7.31. The first-order valence-electron chi connectivity index (χ1n) is 10.6. The molecule has 2 rings (SSSR count). The quantitative estimate of drug-likeness (QED) is 0.501. The Morgan fingerprint density at radius 1 is 1.00 bits per heavy atom. The van der Waals surface area contributed by atoms with E-state index in [2.05, 4.69) is 15.6 Å². The molecule has 0 saturated carbocycles. The van der Waals surface area contributed by atoms with Crippen LogP contribution in [-0.4, -0.2) is 48.8 Å². The molecule has 1 aromatic heterocycles. The molecule has 1 aromatic carbocycles. The van der Waals surface area contributed by atoms with E-state index >= 15 is 0 Å². The second kappa shape index (κ2) is 11.4. The maximum Gasteiger partial charge on any atom is 0.407 e. The Bertz CT molecular complexity index is 890. The largest absolute Gasteiger partial charge is 0.467 e. The minimum atomic E-state index is -0.918. The topological polar surface area (TPSA) is 110 Å². The number of aromatic amines is 1. The number of methoxy groups -OCH3 is 1. The van der Waals surface area contributed by atoms with Crippen LogP contribution in [-0.2, 0) is 25.5 Å². The van der Waals surface area contributed by atoms with Crippen molar-refractivity contribution in [2.45, 2.75) is 52.6 Å². The summed E-state index contributed by atoms with van der Waals surface area (Å²) < 4.78 is 10.0. The lowest BCUT2D eigenvalue weighted by Crippen LogP contribution is -2.53. The molecule has 8 nitrogen and oxygen atoms in total. The van der Waals surface area contributed by atoms with E-state index in [-0.39, 0.29) is 24.9 Å². The Morgan fingerprint density at radius 2 is 1.71 bits per heavy atom. The SMILES string of the molecule is COC(=O)[C@@H](CC(C)C)NC(=O)[C@@H](Cc1c[nH]c2ccccc12)NC(=O)OCC(C)C. The number of fused-ring (bicyclic) bond motifs is 1. The summed E-state index contributed by atoms with van der Waals surface area (Å²) in [6, 6.07) is 6.00. The summed E-state index contributed by atoms with van der Waals surface area (Å²) in [5, 5.41) is 6.35. The van der Waals surface area contributed by atoms with Crippen molar-refractivity contribution in [2.75, 3.05) is 13.7 Å². The molecule has 31 heavy (non-hydrogen) atoms. The van der Waals surface area contributed by atoms with Crippen molar-refractivity contribution < 1.29 is 23.9 Å². The molecule has 0 spiro atoms. The molecule has 0 aliphatic carbocycles. The molecular weight excluding hydrogens is 398 g/mol. The Balaban J connectivity index is 2.21. The molecule has 0 bridgehead atoms. The minimum absolute atomic E-state index is 0.167. The number of rotatable bonds is 10. The number of benzene rings is 1. The number of hydrogen-bond acceptors (Lipinski definition) is 5. The molecule has 2 aromatic rings. The number of hydrogen-bond donors (Lipinski definition) is 3. The number of carbonyl (C=O) groups is 3. The van der Waals surface area contributed by atoms with Crippen LogP contribution in [0.1, 0.15) is 39.7 Å². The second-order valence-electron chi connectivity index (χ2n) is 8.47. The van der Waals surface area contributed by atoms with Crippen LogP contribution in [0.5, 0.6) is 0 Å². The molecule has 2 amide bonds. The van der Waals surface area contributed by atoms with E-state index < -0.39 is 30.1 Å². The molecule has 8 heteroatoms. The maximum atomic E-state index is 13.1. The summed E-state index contributed by atoms with van der Waals surface area (Å²) in [6.07, 6.45) is 1.81. The first-order chi connectivity index (χ1) is 14.7. The predicted octanol–water partition coefficient (Wildman–Crippen LogP) is 3.17. The van der Waals surface area contributed by atoms with E-state index in [0.717, 1.165) is 16.5 Å². The first-order valence-corrected chi connectivity index (χ1v) is 10.6. The van der Waals surface area contributed by atoms with Crippen LogP contribution in [0, 0.1) is 11.8 Å². The van der Waals surface area contributed by atoms with Crippen molar-refractivity contribution in [1.82, 2.24) is 15.6 Å². The average Bonchev–Trinajstić information content (AvgIpc) is 3.13. The van der Waals surface area contributed by atoms with Crippen molar-refractivity contribution in [3.8, 4) is 0 Å². The maximum absolute atomic E-state index is 13.1. The number of H-pyrrole nitrogens is 1. The van der Waals surface area contributed by atoms with E-state index in [1.807, 2.05) is 58.2 Å². The van der Waals surface area contributed by atoms with Gasteiger partial charge in [-0.25, -0.2) is 9.59 Å². The fourth-order valence-corrected chi connectivity index (χ4v) is 3.26. The summed E-state index contributed by atoms with van der Waals surface area (Å²) in [6.45, 7) is 8.00. The van der Waals surface area contributed by atoms with Gasteiger partial charge in [0.1, 0.15) is 12.1 Å². The van der Waals surface area contributed by atoms with Crippen molar-refractivity contribution in [3.05, 3.63) is 36.0 Å². The van der Waals surface area contributed by atoms with Crippen molar-refractivity contribution in [2.24, 2.45) is 11.8 Å². The number of amides is 2. The zero-order valence-electron chi connectivity index (χ0n) is 18.9. The van der Waals surface area contributed by atoms with Gasteiger partial charge in [0.15, 0.2) is 0 Å². The number of ether oxygens (including phenoxy) is 2. The van der Waals surface area contributed by atoms with Crippen LogP contribution in [0.15, 0.2) is 30.5 Å². The van der Waals surface area contributed by atoms with Crippen LogP contribution >= 0.6 is 0 Å². The van der Waals surface area contributed by atoms with Gasteiger partial charge in [-0.2, -0.15) is 0 Å². The van der Waals surface area contributed by atoms with Crippen LogP contribution in [0.25, 0.3) is 10.9 Å². The molecule has 0 saturated heterocycles. The Kier molecular flexibility index (Phi) is 8.90. The molecule has 0 unspecified atom stereocenters. The standard InChI is InChI=1S/C23H33N3O5/c1-14(2)10-20(22(28)30-5)25-21(27)19(26-23(29)31-13-15(3)4)11-16-12-24-18-9-7-6-8-17(16)18/h6-9,12,14-15,19-20,24H,10-11,13H2,1-5H3,(H,25,27)(H,26,29)/t19-,20-/m1/s1. The minimum Gasteiger partial charge on any atom is -0.467 e. The number of alkyl carbamates (subject to hydrolysis) is 1. The lowest BCUT2D eigenvalue weighted by atomic mass is 10.0. The Morgan fingerprint density at radius 3 is 2.35 bits per heavy atom. The van der Waals surface area contributed by atoms with Gasteiger partial charge in [-0.1, -0.05) is 45.9 Å². The van der Waals surface area contributed by atoms with E-state index in [4.69, 9.17) is 9.47 Å². The van der Waals surface area contributed by atoms with Gasteiger partial charge in [0.2, 0.25) is 5.91 Å². The van der Waals surface area contributed by atoms with Crippen molar-refractivity contribution in [1.29, 1.82) is 0 Å². The van der Waals surface area contributed by atoms with Gasteiger partial charge < -0.3 is 25.1 Å². The van der Waals surface area contributed by atoms with Gasteiger partial charge >= 0.3 is 12.1 Å². The molecule has 170 valence electrons. The van der Waals surface area contributed by atoms with E-state index in [1.165, 1.54) is 7.11 Å². The van der Waals surface area contributed by atoms with Crippen LogP contribution in [0.3, 0.4) is 0 Å². The highest BCUT2D eigenvalue weighted by Gasteiger charge is 2.29. The first kappa shape index (κ1) is 24.2. The molecular formula is C23H33N3O5. The number of esters is 1. The summed E-state index contributed by atoms with van der Waals surface area (Å²) in [4.78, 5) is 40.7. The number of carbonyl (C=O) groups excluding carboxylic acids is 3. The smallest absolute Gasteiger partial charge is 0.407 e. The Labute approximate surface area is 183 Å². The molecule has 0 aliphatic rings. The average molecular weight is 432 g/mol. The van der Waals surface area contributed by atoms with Gasteiger partial charge in [-0.05, 0) is 29.9 Å². The van der Waals surface area contributed by atoms with Gasteiger partial charge in [-0.3, -0.25) is 4.79 Å². The summed E-state index contributed by atoms with van der Waals surface area (Å²) >= 11 is 0. The zero-order chi connectivity index (χ0) is 23.0. The van der Waals surface area contributed by atoms with Gasteiger partial charge in [0.25, 0.3) is 0 Å². The van der Waals surface area contributed by atoms with Crippen LogP contribution < -0.4 is 10.6 Å². The third-order valence-corrected chi connectivity index (χ3v) is 4.76. The van der Waals surface area contributed by atoms with Gasteiger partial charge in [0.05, 0.1) is 13.7 Å². The highest BCUT2D eigenvalue weighted by molar-refractivity contribution is 5.91. The molecule has 0 fully saturated rings. The molecule has 2 atom stereocenters. The zero-order valence-corrected chi connectivity index (χ0v) is 18.9. The molecule has 0 aliphatic heterocycles. The molecule has 3 N–H and O–H groups in total. The van der Waals surface area contributed by atoms with Gasteiger partial charge in [-0.15, -0.1) is 0 Å². The fourth-order valence-electron chi connectivity index (χ4n) is 3.26. The van der Waals surface area contributed by atoms with E-state index in [9.17, 15) is 14.4 Å². The van der Waals surface area contributed by atoms with Crippen molar-refractivity contribution >= 4 is 28.9 Å². The summed E-state index contributed by atoms with van der Waals surface area (Å²) in [7, 11) is 1.28. The molecule has 1 heterocycles. The normalized spacial score (nSPS) is 13.1. The van der Waals surface area contributed by atoms with E-state index in [0.29, 0.717) is 6.42 Å². The van der Waals surface area contributed by atoms with Crippen LogP contribution in [0.4, 0.5) is 4.79 Å². The highest BCUT2D eigenvalue weighted by Crippen LogP contribution is 2.19. The highest BCUT2D eigenvalue weighted by atomic mass is 16.5. The van der Waals surface area contributed by atoms with E-state index in [1.54, 1.807) is 0 Å². The Hall–Kier alpha value is -3.03. The van der Waals surface area contributed by atoms with Crippen LogP contribution in [0.2, 0.25) is 0 Å². The molecule has 0 radical (unpaired) electrons. The number of para-hydroxylation sites is 1. The lowest BCUT2D eigenvalue weighted by molar-refractivity contribution is -0.145. The number of aromatic nitrogens is 1. The van der Waals surface area contributed by atoms with Gasteiger partial charge in [0, 0.05) is 23.5 Å². The summed E-state index contributed by atoms with van der Waals surface area (Å²) in [5.74, 6) is -0.653. The lowest BCUT2D eigenvalue weighted by Gasteiger charge is -2.23.